The summed E-state index contributed by atoms with van der Waals surface area (Å²) in [7, 11) is 2.54. The second-order valence-electron chi connectivity index (χ2n) is 18.8. The normalized spacial score (nSPS) is 48.8. The Balaban J connectivity index is 0.000000174. The fourth-order valence-corrected chi connectivity index (χ4v) is 13.6. The van der Waals surface area contributed by atoms with Gasteiger partial charge in [-0.1, -0.05) is 44.9 Å². The zero-order valence-electron chi connectivity index (χ0n) is 32.6. The van der Waals surface area contributed by atoms with Gasteiger partial charge >= 0.3 is 12.3 Å². The fraction of sp³-hybridized carbons (Fsp3) is 0.810. The van der Waals surface area contributed by atoms with Crippen molar-refractivity contribution in [2.45, 2.75) is 141 Å². The summed E-state index contributed by atoms with van der Waals surface area (Å²) in [5, 5.41) is 43.1. The molecule has 0 spiro atoms. The van der Waals surface area contributed by atoms with Crippen LogP contribution in [0.3, 0.4) is 0 Å². The van der Waals surface area contributed by atoms with Crippen molar-refractivity contribution in [3.63, 3.8) is 0 Å². The van der Waals surface area contributed by atoms with Gasteiger partial charge in [-0.15, -0.1) is 0 Å². The van der Waals surface area contributed by atoms with Crippen molar-refractivity contribution in [3.05, 3.63) is 23.3 Å². The molecular weight excluding hydrogens is 696 g/mol. The van der Waals surface area contributed by atoms with E-state index in [4.69, 9.17) is 14.2 Å². The van der Waals surface area contributed by atoms with Gasteiger partial charge in [-0.2, -0.15) is 0 Å². The Morgan fingerprint density at radius 1 is 0.648 bits per heavy atom. The molecule has 0 bridgehead atoms. The van der Waals surface area contributed by atoms with Gasteiger partial charge < -0.3 is 39.4 Å². The lowest BCUT2D eigenvalue weighted by molar-refractivity contribution is -0.159. The van der Waals surface area contributed by atoms with Crippen LogP contribution >= 0.6 is 0 Å². The maximum absolute atomic E-state index is 12.8. The van der Waals surface area contributed by atoms with Gasteiger partial charge in [0.1, 0.15) is 23.8 Å². The minimum Gasteiger partial charge on any atom is -0.438 e. The minimum atomic E-state index is -0.784. The molecule has 12 heteroatoms. The van der Waals surface area contributed by atoms with Crippen LogP contribution < -0.4 is 0 Å². The molecule has 6 saturated carbocycles. The Hall–Kier alpha value is -2.80. The second-order valence-corrected chi connectivity index (χ2v) is 18.8. The highest BCUT2D eigenvalue weighted by molar-refractivity contribution is 5.88. The van der Waals surface area contributed by atoms with E-state index in [1.165, 1.54) is 14.2 Å². The largest absolute Gasteiger partial charge is 0.508 e. The van der Waals surface area contributed by atoms with Crippen molar-refractivity contribution >= 4 is 23.9 Å². The third kappa shape index (κ3) is 6.07. The molecule has 0 aliphatic heterocycles. The number of Topliss-reactive ketones (excluding diaryl/α,β-unsaturated/α-hetero) is 2. The van der Waals surface area contributed by atoms with E-state index in [0.29, 0.717) is 44.9 Å². The molecule has 0 saturated heterocycles. The van der Waals surface area contributed by atoms with Crippen LogP contribution in [0, 0.1) is 57.2 Å². The number of methoxy groups -OCH3 is 2. The van der Waals surface area contributed by atoms with Crippen LogP contribution in [0.15, 0.2) is 23.3 Å². The van der Waals surface area contributed by atoms with Crippen molar-refractivity contribution in [2.24, 2.45) is 57.2 Å². The number of aliphatic hydroxyl groups is 4. The first-order valence-electron chi connectivity index (χ1n) is 20.1. The average molecular weight is 757 g/mol. The summed E-state index contributed by atoms with van der Waals surface area (Å²) in [4.78, 5) is 48.9. The Kier molecular flexibility index (Phi) is 10.2. The lowest BCUT2D eigenvalue weighted by Crippen LogP contribution is -2.60. The van der Waals surface area contributed by atoms with Crippen molar-refractivity contribution < 1.29 is 58.6 Å². The molecule has 54 heavy (non-hydrogen) atoms. The molecule has 8 rings (SSSR count). The van der Waals surface area contributed by atoms with Crippen LogP contribution in [-0.4, -0.2) is 95.1 Å². The van der Waals surface area contributed by atoms with Gasteiger partial charge in [0.2, 0.25) is 0 Å². The second kappa shape index (κ2) is 14.0. The van der Waals surface area contributed by atoms with Crippen molar-refractivity contribution in [1.82, 2.24) is 0 Å². The first-order valence-corrected chi connectivity index (χ1v) is 20.1. The van der Waals surface area contributed by atoms with Gasteiger partial charge in [0.15, 0.2) is 0 Å². The molecule has 0 heterocycles. The molecule has 6 unspecified atom stereocenters. The first kappa shape index (κ1) is 39.4. The molecule has 8 aliphatic carbocycles. The quantitative estimate of drug-likeness (QED) is 0.213. The Morgan fingerprint density at radius 2 is 1.15 bits per heavy atom. The van der Waals surface area contributed by atoms with E-state index in [0.717, 1.165) is 43.3 Å². The first-order chi connectivity index (χ1) is 25.4. The number of ketones is 2. The number of fused-ring (bicyclic) bond motifs is 10. The summed E-state index contributed by atoms with van der Waals surface area (Å²) in [6.45, 7) is 8.27. The highest BCUT2D eigenvalue weighted by Gasteiger charge is 2.66. The molecule has 12 nitrogen and oxygen atoms in total. The number of carbonyl (C=O) groups is 4. The van der Waals surface area contributed by atoms with Gasteiger partial charge in [-0.25, -0.2) is 9.59 Å². The Labute approximate surface area is 318 Å². The van der Waals surface area contributed by atoms with E-state index in [1.807, 2.05) is 26.0 Å². The van der Waals surface area contributed by atoms with Gasteiger partial charge in [0.05, 0.1) is 38.6 Å². The number of rotatable bonds is 2. The van der Waals surface area contributed by atoms with Crippen LogP contribution in [0.25, 0.3) is 0 Å². The van der Waals surface area contributed by atoms with Crippen LogP contribution in [0.2, 0.25) is 0 Å². The maximum Gasteiger partial charge on any atom is 0.508 e. The lowest BCUT2D eigenvalue weighted by atomic mass is 9.46. The number of hydrogen-bond acceptors (Lipinski definition) is 12. The standard InChI is InChI=1S/C23H32O8.C19H28O4/c1-22-8-7-13(30-20(26)28-3)9-12(22)10-16(31-21(27)29-4)18-14-5-6-17(25)23(14,2)11-15(24)19(18)22;1-18-6-5-11(20)7-10(18)8-13(21)16-12-3-4-15(23)19(12,2)9-14(22)17(16)18/h10,13-16,18-19,24H,5-9,11H2,1-4H3;8,11-14,16-17,20-22H,3-7,9H2,1-2H3/t13-,14?,15+,16-,18?,19?,22-,23-;11-,12?,13-,14+,16?,17?,18-,19-/m00/s1. The van der Waals surface area contributed by atoms with Gasteiger partial charge in [-0.3, -0.25) is 9.59 Å². The molecule has 4 N–H and O–H groups in total. The number of carbonyl (C=O) groups excluding carboxylic acids is 4. The van der Waals surface area contributed by atoms with Crippen LogP contribution in [0.4, 0.5) is 9.59 Å². The predicted molar refractivity (Wildman–Crippen MR) is 194 cm³/mol. The van der Waals surface area contributed by atoms with E-state index in [-0.39, 0.29) is 70.1 Å². The molecule has 0 radical (unpaired) electrons. The molecular formula is C42H60O12. The third-order valence-corrected chi connectivity index (χ3v) is 16.3. The molecule has 300 valence electrons. The topological polar surface area (TPSA) is 186 Å². The molecule has 6 fully saturated rings. The third-order valence-electron chi connectivity index (χ3n) is 16.3. The van der Waals surface area contributed by atoms with Crippen molar-refractivity contribution in [3.8, 4) is 0 Å². The van der Waals surface area contributed by atoms with Crippen molar-refractivity contribution in [1.29, 1.82) is 0 Å². The lowest BCUT2D eigenvalue weighted by Gasteiger charge is -2.59. The highest BCUT2D eigenvalue weighted by Crippen LogP contribution is 2.66. The van der Waals surface area contributed by atoms with Gasteiger partial charge in [0.25, 0.3) is 0 Å². The van der Waals surface area contributed by atoms with Crippen LogP contribution in [0.5, 0.6) is 0 Å². The summed E-state index contributed by atoms with van der Waals surface area (Å²) in [6.07, 6.45) is 6.90. The molecule has 0 aromatic carbocycles. The highest BCUT2D eigenvalue weighted by atomic mass is 16.7. The monoisotopic (exact) mass is 756 g/mol. The Morgan fingerprint density at radius 3 is 1.72 bits per heavy atom. The van der Waals surface area contributed by atoms with E-state index in [9.17, 15) is 39.6 Å². The van der Waals surface area contributed by atoms with E-state index in [2.05, 4.69) is 18.6 Å². The summed E-state index contributed by atoms with van der Waals surface area (Å²) in [6, 6.07) is 0. The fourth-order valence-electron chi connectivity index (χ4n) is 13.6. The zero-order valence-corrected chi connectivity index (χ0v) is 32.6. The number of aliphatic hydroxyl groups excluding tert-OH is 4. The molecule has 0 amide bonds. The SMILES string of the molecule is COC(=O)O[C@H]1CC[C@@]2(C)C(=C[C@H](OC(=O)OC)C3C2[C@H](O)C[C@]2(C)C(=O)CCC32)C1.C[C@]12CC[C@H](O)CC1=C[C@H](O)C1C2[C@H](O)C[C@]2(C)C(=O)CCC12. The smallest absolute Gasteiger partial charge is 0.438 e. The van der Waals surface area contributed by atoms with E-state index in [1.54, 1.807) is 0 Å². The van der Waals surface area contributed by atoms with Crippen LogP contribution in [0.1, 0.15) is 105 Å². The summed E-state index contributed by atoms with van der Waals surface area (Å²) >= 11 is 0. The maximum atomic E-state index is 12.8. The van der Waals surface area contributed by atoms with Crippen molar-refractivity contribution in [2.75, 3.05) is 14.2 Å². The molecule has 8 aliphatic rings. The molecule has 0 aromatic heterocycles. The van der Waals surface area contributed by atoms with Gasteiger partial charge in [0, 0.05) is 41.9 Å². The summed E-state index contributed by atoms with van der Waals surface area (Å²) in [5.74, 6) is 0.249. The number of hydrogen-bond donors (Lipinski definition) is 4. The van der Waals surface area contributed by atoms with E-state index >= 15 is 0 Å². The Bertz CT molecular complexity index is 1600. The molecule has 16 atom stereocenters. The minimum absolute atomic E-state index is 0.00558. The van der Waals surface area contributed by atoms with Crippen LogP contribution in [-0.2, 0) is 28.5 Å². The van der Waals surface area contributed by atoms with E-state index < -0.39 is 47.6 Å². The predicted octanol–water partition coefficient (Wildman–Crippen LogP) is 5.22. The summed E-state index contributed by atoms with van der Waals surface area (Å²) < 4.78 is 20.5. The number of ether oxygens (including phenoxy) is 4. The average Bonchev–Trinajstić information content (AvgIpc) is 3.58. The van der Waals surface area contributed by atoms with Gasteiger partial charge in [-0.05, 0) is 98.4 Å². The molecule has 0 aromatic rings. The zero-order chi connectivity index (χ0) is 39.1. The summed E-state index contributed by atoms with van der Waals surface area (Å²) in [5.41, 5.74) is 0.549.